The number of ether oxygens (including phenoxy) is 1. The summed E-state index contributed by atoms with van der Waals surface area (Å²) in [4.78, 5) is 38.5. The van der Waals surface area contributed by atoms with Crippen molar-refractivity contribution in [1.29, 1.82) is 0 Å². The van der Waals surface area contributed by atoms with Gasteiger partial charge in [-0.1, -0.05) is 12.8 Å². The molecular weight excluding hydrogens is 336 g/mol. The van der Waals surface area contributed by atoms with Crippen LogP contribution in [-0.2, 0) is 9.59 Å². The fourth-order valence-corrected chi connectivity index (χ4v) is 3.89. The fraction of sp³-hybridized carbons (Fsp3) is 0.526. The minimum absolute atomic E-state index is 0.0377. The largest absolute Gasteiger partial charge is 0.497 e. The highest BCUT2D eigenvalue weighted by Gasteiger charge is 2.43. The monoisotopic (exact) mass is 360 g/mol. The molecule has 0 aromatic heterocycles. The molecule has 26 heavy (non-hydrogen) atoms. The van der Waals surface area contributed by atoms with E-state index in [0.717, 1.165) is 19.3 Å². The molecule has 0 aliphatic carbocycles. The van der Waals surface area contributed by atoms with Gasteiger partial charge in [-0.3, -0.25) is 9.59 Å². The van der Waals surface area contributed by atoms with Crippen LogP contribution in [0.4, 0.5) is 0 Å². The number of carbonyl (C=O) groups is 3. The molecule has 2 aliphatic rings. The van der Waals surface area contributed by atoms with E-state index in [0.29, 0.717) is 30.6 Å². The van der Waals surface area contributed by atoms with Crippen molar-refractivity contribution < 1.29 is 24.2 Å². The number of methoxy groups -OCH3 is 1. The molecule has 0 saturated carbocycles. The van der Waals surface area contributed by atoms with Gasteiger partial charge >= 0.3 is 5.97 Å². The van der Waals surface area contributed by atoms with Crippen molar-refractivity contribution in [2.24, 2.45) is 0 Å². The van der Waals surface area contributed by atoms with Crippen molar-refractivity contribution in [3.8, 4) is 5.75 Å². The number of carboxylic acid groups (broad SMARTS) is 1. The van der Waals surface area contributed by atoms with Crippen LogP contribution in [-0.4, -0.2) is 53.0 Å². The third kappa shape index (κ3) is 3.66. The maximum absolute atomic E-state index is 13.0. The Bertz CT molecular complexity index is 688. The van der Waals surface area contributed by atoms with Gasteiger partial charge in [0.2, 0.25) is 5.91 Å². The summed E-state index contributed by atoms with van der Waals surface area (Å²) < 4.78 is 5.08. The first-order valence-electron chi connectivity index (χ1n) is 9.01. The van der Waals surface area contributed by atoms with Crippen LogP contribution in [0.2, 0.25) is 0 Å². The Morgan fingerprint density at radius 3 is 2.46 bits per heavy atom. The first-order valence-corrected chi connectivity index (χ1v) is 9.01. The summed E-state index contributed by atoms with van der Waals surface area (Å²) in [5.74, 6) is -0.940. The summed E-state index contributed by atoms with van der Waals surface area (Å²) in [7, 11) is 1.55. The Kier molecular flexibility index (Phi) is 5.44. The van der Waals surface area contributed by atoms with Crippen molar-refractivity contribution in [2.45, 2.75) is 56.7 Å². The molecule has 7 nitrogen and oxygen atoms in total. The highest BCUT2D eigenvalue weighted by molar-refractivity contribution is 5.98. The Labute approximate surface area is 152 Å². The molecule has 3 rings (SSSR count). The molecule has 7 heteroatoms. The lowest BCUT2D eigenvalue weighted by molar-refractivity contribution is -0.151. The second-order valence-corrected chi connectivity index (χ2v) is 6.87. The number of fused-ring (bicyclic) bond motifs is 1. The summed E-state index contributed by atoms with van der Waals surface area (Å²) in [6.45, 7) is 0. The van der Waals surface area contributed by atoms with Crippen LogP contribution in [0.15, 0.2) is 24.3 Å². The molecule has 1 aromatic rings. The molecule has 0 bridgehead atoms. The van der Waals surface area contributed by atoms with Crippen molar-refractivity contribution in [2.75, 3.05) is 7.11 Å². The van der Waals surface area contributed by atoms with Gasteiger partial charge in [-0.25, -0.2) is 4.79 Å². The van der Waals surface area contributed by atoms with Crippen LogP contribution in [0.1, 0.15) is 48.9 Å². The number of aliphatic carboxylic acids is 1. The minimum Gasteiger partial charge on any atom is -0.497 e. The highest BCUT2D eigenvalue weighted by Crippen LogP contribution is 2.31. The van der Waals surface area contributed by atoms with E-state index in [9.17, 15) is 19.5 Å². The second-order valence-electron chi connectivity index (χ2n) is 6.87. The van der Waals surface area contributed by atoms with Gasteiger partial charge in [0.05, 0.1) is 7.11 Å². The molecular formula is C19H24N2O5. The number of amides is 2. The predicted octanol–water partition coefficient (Wildman–Crippen LogP) is 1.81. The van der Waals surface area contributed by atoms with Crippen LogP contribution in [0.3, 0.4) is 0 Å². The number of carbonyl (C=O) groups excluding carboxylic acids is 2. The van der Waals surface area contributed by atoms with E-state index in [2.05, 4.69) is 5.32 Å². The van der Waals surface area contributed by atoms with Crippen LogP contribution in [0, 0.1) is 0 Å². The van der Waals surface area contributed by atoms with E-state index in [1.165, 1.54) is 4.90 Å². The summed E-state index contributed by atoms with van der Waals surface area (Å²) in [6, 6.07) is 5.14. The molecule has 2 N–H and O–H groups in total. The summed E-state index contributed by atoms with van der Waals surface area (Å²) in [5, 5.41) is 12.2. The van der Waals surface area contributed by atoms with Crippen LogP contribution in [0.25, 0.3) is 0 Å². The van der Waals surface area contributed by atoms with Gasteiger partial charge in [0.25, 0.3) is 5.91 Å². The molecule has 3 atom stereocenters. The van der Waals surface area contributed by atoms with Gasteiger partial charge in [0, 0.05) is 11.6 Å². The molecule has 2 fully saturated rings. The fourth-order valence-electron chi connectivity index (χ4n) is 3.89. The Morgan fingerprint density at radius 2 is 1.81 bits per heavy atom. The molecule has 0 unspecified atom stereocenters. The van der Waals surface area contributed by atoms with E-state index in [1.54, 1.807) is 31.4 Å². The number of hydrogen-bond acceptors (Lipinski definition) is 4. The molecule has 140 valence electrons. The smallest absolute Gasteiger partial charge is 0.326 e. The van der Waals surface area contributed by atoms with Crippen LogP contribution < -0.4 is 10.1 Å². The van der Waals surface area contributed by atoms with Gasteiger partial charge < -0.3 is 20.1 Å². The lowest BCUT2D eigenvalue weighted by atomic mass is 9.98. The van der Waals surface area contributed by atoms with E-state index in [1.807, 2.05) is 0 Å². The van der Waals surface area contributed by atoms with Crippen molar-refractivity contribution >= 4 is 17.8 Å². The zero-order chi connectivity index (χ0) is 18.7. The molecule has 2 amide bonds. The van der Waals surface area contributed by atoms with E-state index < -0.39 is 18.1 Å². The Balaban J connectivity index is 1.75. The van der Waals surface area contributed by atoms with Gasteiger partial charge in [-0.2, -0.15) is 0 Å². The third-order valence-electron chi connectivity index (χ3n) is 5.28. The normalized spacial score (nSPS) is 25.8. The third-order valence-corrected chi connectivity index (χ3v) is 5.28. The standard InChI is InChI=1S/C19H24N2O5/c1-26-14-9-6-12(7-10-14)17(22)20-15-5-3-2-4-13-8-11-16(19(24)25)21(13)18(15)23/h6-7,9-10,13,15-16H,2-5,8,11H2,1H3,(H,20,22)(H,24,25)/t13-,15-,16-/m0/s1. The van der Waals surface area contributed by atoms with Crippen LogP contribution >= 0.6 is 0 Å². The highest BCUT2D eigenvalue weighted by atomic mass is 16.5. The minimum atomic E-state index is -0.971. The number of benzene rings is 1. The van der Waals surface area contributed by atoms with E-state index >= 15 is 0 Å². The summed E-state index contributed by atoms with van der Waals surface area (Å²) in [5.41, 5.74) is 0.438. The van der Waals surface area contributed by atoms with Crippen LogP contribution in [0.5, 0.6) is 5.75 Å². The number of hydrogen-bond donors (Lipinski definition) is 2. The van der Waals surface area contributed by atoms with Crippen molar-refractivity contribution in [1.82, 2.24) is 10.2 Å². The Hall–Kier alpha value is -2.57. The Morgan fingerprint density at radius 1 is 1.12 bits per heavy atom. The maximum atomic E-state index is 13.0. The molecule has 0 spiro atoms. The average molecular weight is 360 g/mol. The molecule has 0 radical (unpaired) electrons. The number of carboxylic acids is 1. The average Bonchev–Trinajstić information content (AvgIpc) is 3.06. The number of nitrogens with zero attached hydrogens (tertiary/aromatic N) is 1. The first-order chi connectivity index (χ1) is 12.5. The summed E-state index contributed by atoms with van der Waals surface area (Å²) in [6.07, 6.45) is 4.30. The van der Waals surface area contributed by atoms with Crippen molar-refractivity contribution in [3.05, 3.63) is 29.8 Å². The zero-order valence-electron chi connectivity index (χ0n) is 14.8. The molecule has 2 aliphatic heterocycles. The second kappa shape index (κ2) is 7.76. The van der Waals surface area contributed by atoms with E-state index in [4.69, 9.17) is 4.74 Å². The molecule has 1 aromatic carbocycles. The van der Waals surface area contributed by atoms with Gasteiger partial charge in [-0.05, 0) is 49.9 Å². The number of rotatable bonds is 4. The molecule has 2 heterocycles. The van der Waals surface area contributed by atoms with Gasteiger partial charge in [0.1, 0.15) is 17.8 Å². The topological polar surface area (TPSA) is 95.9 Å². The lowest BCUT2D eigenvalue weighted by Crippen LogP contribution is -2.54. The van der Waals surface area contributed by atoms with E-state index in [-0.39, 0.29) is 17.9 Å². The predicted molar refractivity (Wildman–Crippen MR) is 94.0 cm³/mol. The van der Waals surface area contributed by atoms with Gasteiger partial charge in [0.15, 0.2) is 0 Å². The quantitative estimate of drug-likeness (QED) is 0.854. The molecule has 2 saturated heterocycles. The van der Waals surface area contributed by atoms with Crippen molar-refractivity contribution in [3.63, 3.8) is 0 Å². The number of nitrogens with one attached hydrogen (secondary N) is 1. The summed E-state index contributed by atoms with van der Waals surface area (Å²) >= 11 is 0. The maximum Gasteiger partial charge on any atom is 0.326 e. The first kappa shape index (κ1) is 18.2. The SMILES string of the molecule is COc1ccc(C(=O)N[C@H]2CCCC[C@H]3CC[C@@H](C(=O)O)N3C2=O)cc1. The lowest BCUT2D eigenvalue weighted by Gasteiger charge is -2.34. The van der Waals surface area contributed by atoms with Gasteiger partial charge in [-0.15, -0.1) is 0 Å². The zero-order valence-corrected chi connectivity index (χ0v) is 14.8.